The number of hydrogen-bond acceptors (Lipinski definition) is 1. The number of rotatable bonds is 3. The summed E-state index contributed by atoms with van der Waals surface area (Å²) in [7, 11) is 0. The van der Waals surface area contributed by atoms with Crippen LogP contribution in [0.15, 0.2) is 29.3 Å². The lowest BCUT2D eigenvalue weighted by molar-refractivity contribution is 0.509. The van der Waals surface area contributed by atoms with Gasteiger partial charge in [0.25, 0.3) is 0 Å². The van der Waals surface area contributed by atoms with Gasteiger partial charge < -0.3 is 5.32 Å². The van der Waals surface area contributed by atoms with E-state index in [9.17, 15) is 8.78 Å². The van der Waals surface area contributed by atoms with Gasteiger partial charge in [-0.2, -0.15) is 0 Å². The Balaban J connectivity index is 2.64. The second-order valence-corrected chi connectivity index (χ2v) is 3.16. The molecule has 0 aromatic heterocycles. The average Bonchev–Trinajstić information content (AvgIpc) is 2.19. The first-order chi connectivity index (χ1) is 6.63. The van der Waals surface area contributed by atoms with Crippen molar-refractivity contribution >= 4 is 17.3 Å². The molecule has 0 aliphatic heterocycles. The third-order valence-corrected chi connectivity index (χ3v) is 2.05. The minimum absolute atomic E-state index is 0.509. The van der Waals surface area contributed by atoms with Gasteiger partial charge in [0, 0.05) is 23.8 Å². The molecule has 1 rings (SSSR count). The van der Waals surface area contributed by atoms with Crippen LogP contribution in [0.25, 0.3) is 0 Å². The molecule has 0 fully saturated rings. The van der Waals surface area contributed by atoms with Crippen molar-refractivity contribution in [3.8, 4) is 0 Å². The normalized spacial score (nSPS) is 11.6. The van der Waals surface area contributed by atoms with Crippen LogP contribution in [0.5, 0.6) is 0 Å². The molecule has 4 heteroatoms. The summed E-state index contributed by atoms with van der Waals surface area (Å²) in [5.41, 5.74) is 2.88. The van der Waals surface area contributed by atoms with E-state index in [1.54, 1.807) is 0 Å². The fraction of sp³-hybridized carbons (Fsp3) is 0.200. The molecular weight excluding hydrogens is 208 g/mol. The molecule has 0 atom stereocenters. The zero-order valence-corrected chi connectivity index (χ0v) is 8.41. The summed E-state index contributed by atoms with van der Waals surface area (Å²) in [6.07, 6.45) is 0. The highest BCUT2D eigenvalue weighted by molar-refractivity contribution is 6.25. The van der Waals surface area contributed by atoms with Gasteiger partial charge in [0.15, 0.2) is 11.6 Å². The summed E-state index contributed by atoms with van der Waals surface area (Å²) in [5.74, 6) is -1.71. The Bertz CT molecular complexity index is 350. The third-order valence-electron chi connectivity index (χ3n) is 1.68. The molecule has 1 aromatic carbocycles. The van der Waals surface area contributed by atoms with Gasteiger partial charge in [0.2, 0.25) is 0 Å². The lowest BCUT2D eigenvalue weighted by Gasteiger charge is -2.05. The van der Waals surface area contributed by atoms with Gasteiger partial charge in [-0.05, 0) is 24.6 Å². The van der Waals surface area contributed by atoms with Crippen molar-refractivity contribution in [2.75, 3.05) is 11.9 Å². The largest absolute Gasteiger partial charge is 0.381 e. The Kier molecular flexibility index (Phi) is 3.89. The third kappa shape index (κ3) is 3.00. The van der Waals surface area contributed by atoms with Crippen molar-refractivity contribution in [2.45, 2.75) is 6.92 Å². The molecule has 1 N–H and O–H groups in total. The molecule has 0 saturated carbocycles. The van der Waals surface area contributed by atoms with Crippen molar-refractivity contribution in [1.29, 1.82) is 0 Å². The zero-order valence-electron chi connectivity index (χ0n) is 7.65. The predicted molar refractivity (Wildman–Crippen MR) is 54.5 cm³/mol. The van der Waals surface area contributed by atoms with Crippen LogP contribution >= 0.6 is 11.6 Å². The van der Waals surface area contributed by atoms with Gasteiger partial charge in [-0.15, -0.1) is 0 Å². The Morgan fingerprint density at radius 2 is 2.14 bits per heavy atom. The Morgan fingerprint density at radius 3 is 2.71 bits per heavy atom. The highest BCUT2D eigenvalue weighted by Crippen LogP contribution is 2.13. The molecule has 0 radical (unpaired) electrons. The van der Waals surface area contributed by atoms with Crippen molar-refractivity contribution in [3.63, 3.8) is 0 Å². The van der Waals surface area contributed by atoms with Crippen LogP contribution in [0.3, 0.4) is 0 Å². The number of hydrogen-bond donors (Lipinski definition) is 1. The molecule has 14 heavy (non-hydrogen) atoms. The van der Waals surface area contributed by atoms with Crippen molar-refractivity contribution in [1.82, 2.24) is 0 Å². The van der Waals surface area contributed by atoms with Crippen molar-refractivity contribution < 1.29 is 8.78 Å². The standard InChI is InChI=1S/C10H10ClF2N/c1-7(5-11)6-14-8-2-3-9(12)10(13)4-8/h2-5,14H,6H2,1H3/b7-5-. The monoisotopic (exact) mass is 217 g/mol. The molecule has 0 aliphatic rings. The van der Waals surface area contributed by atoms with E-state index in [2.05, 4.69) is 5.32 Å². The molecule has 0 aliphatic carbocycles. The minimum Gasteiger partial charge on any atom is -0.381 e. The first kappa shape index (κ1) is 11.0. The fourth-order valence-electron chi connectivity index (χ4n) is 0.886. The second-order valence-electron chi connectivity index (χ2n) is 2.94. The van der Waals surface area contributed by atoms with Crippen molar-refractivity contribution in [3.05, 3.63) is 40.9 Å². The molecule has 1 aromatic rings. The number of halogens is 3. The van der Waals surface area contributed by atoms with Gasteiger partial charge in [0.1, 0.15) is 0 Å². The molecule has 1 nitrogen and oxygen atoms in total. The molecule has 0 bridgehead atoms. The lowest BCUT2D eigenvalue weighted by Crippen LogP contribution is -2.02. The van der Waals surface area contributed by atoms with E-state index in [1.165, 1.54) is 11.6 Å². The highest BCUT2D eigenvalue weighted by Gasteiger charge is 2.01. The van der Waals surface area contributed by atoms with Gasteiger partial charge >= 0.3 is 0 Å². The SMILES string of the molecule is C/C(=C/Cl)CNc1ccc(F)c(F)c1. The van der Waals surface area contributed by atoms with Crippen LogP contribution in [0.2, 0.25) is 0 Å². The van der Waals surface area contributed by atoms with Crippen LogP contribution in [-0.4, -0.2) is 6.54 Å². The topological polar surface area (TPSA) is 12.0 Å². The molecule has 0 amide bonds. The highest BCUT2D eigenvalue weighted by atomic mass is 35.5. The number of anilines is 1. The first-order valence-corrected chi connectivity index (χ1v) is 4.52. The zero-order chi connectivity index (χ0) is 10.6. The van der Waals surface area contributed by atoms with E-state index in [0.29, 0.717) is 12.2 Å². The van der Waals surface area contributed by atoms with Crippen LogP contribution in [0.4, 0.5) is 14.5 Å². The summed E-state index contributed by atoms with van der Waals surface area (Å²) >= 11 is 5.44. The van der Waals surface area contributed by atoms with Crippen molar-refractivity contribution in [2.24, 2.45) is 0 Å². The summed E-state index contributed by atoms with van der Waals surface area (Å²) in [6.45, 7) is 2.34. The van der Waals surface area contributed by atoms with E-state index in [-0.39, 0.29) is 0 Å². The molecule has 0 saturated heterocycles. The molecular formula is C10H10ClF2N. The van der Waals surface area contributed by atoms with Gasteiger partial charge in [0.05, 0.1) is 0 Å². The van der Waals surface area contributed by atoms with Crippen LogP contribution in [0, 0.1) is 11.6 Å². The Morgan fingerprint density at radius 1 is 1.43 bits per heavy atom. The summed E-state index contributed by atoms with van der Waals surface area (Å²) < 4.78 is 25.3. The Hall–Kier alpha value is -1.09. The van der Waals surface area contributed by atoms with Crippen LogP contribution in [0.1, 0.15) is 6.92 Å². The first-order valence-electron chi connectivity index (χ1n) is 4.08. The summed E-state index contributed by atoms with van der Waals surface area (Å²) in [5, 5.41) is 2.90. The molecule has 0 heterocycles. The van der Waals surface area contributed by atoms with E-state index < -0.39 is 11.6 Å². The summed E-state index contributed by atoms with van der Waals surface area (Å²) in [6, 6.07) is 3.66. The average molecular weight is 218 g/mol. The van der Waals surface area contributed by atoms with E-state index in [0.717, 1.165) is 17.7 Å². The maximum atomic E-state index is 12.7. The Labute approximate surface area is 86.4 Å². The maximum Gasteiger partial charge on any atom is 0.160 e. The maximum absolute atomic E-state index is 12.7. The minimum atomic E-state index is -0.859. The fourth-order valence-corrected chi connectivity index (χ4v) is 0.963. The van der Waals surface area contributed by atoms with E-state index in [4.69, 9.17) is 11.6 Å². The molecule has 0 unspecified atom stereocenters. The van der Waals surface area contributed by atoms with Gasteiger partial charge in [-0.1, -0.05) is 11.6 Å². The molecule has 0 spiro atoms. The number of benzene rings is 1. The van der Waals surface area contributed by atoms with Crippen LogP contribution < -0.4 is 5.32 Å². The quantitative estimate of drug-likeness (QED) is 0.817. The van der Waals surface area contributed by atoms with E-state index in [1.807, 2.05) is 6.92 Å². The number of nitrogens with one attached hydrogen (secondary N) is 1. The second kappa shape index (κ2) is 4.96. The van der Waals surface area contributed by atoms with Crippen LogP contribution in [-0.2, 0) is 0 Å². The lowest BCUT2D eigenvalue weighted by atomic mass is 10.3. The van der Waals surface area contributed by atoms with Gasteiger partial charge in [-0.3, -0.25) is 0 Å². The smallest absolute Gasteiger partial charge is 0.160 e. The molecule has 76 valence electrons. The van der Waals surface area contributed by atoms with Gasteiger partial charge in [-0.25, -0.2) is 8.78 Å². The predicted octanol–water partition coefficient (Wildman–Crippen LogP) is 3.52. The van der Waals surface area contributed by atoms with E-state index >= 15 is 0 Å². The summed E-state index contributed by atoms with van der Waals surface area (Å²) in [4.78, 5) is 0.